The molecule has 1 saturated heterocycles. The summed E-state index contributed by atoms with van der Waals surface area (Å²) in [6, 6.07) is -0.299. The smallest absolute Gasteiger partial charge is 0.314 e. The number of aliphatic carboxylic acids is 1. The van der Waals surface area contributed by atoms with Gasteiger partial charge in [-0.1, -0.05) is 0 Å². The molecule has 7 nitrogen and oxygen atoms in total. The maximum atomic E-state index is 11.7. The molecule has 1 rings (SSSR count). The second-order valence-electron chi connectivity index (χ2n) is 5.82. The van der Waals surface area contributed by atoms with E-state index < -0.39 is 11.4 Å². The predicted octanol–water partition coefficient (Wildman–Crippen LogP) is 0.509. The van der Waals surface area contributed by atoms with E-state index in [1.165, 1.54) is 0 Å². The Labute approximate surface area is 126 Å². The van der Waals surface area contributed by atoms with Gasteiger partial charge in [0, 0.05) is 26.3 Å². The Morgan fingerprint density at radius 2 is 1.86 bits per heavy atom. The normalized spacial score (nSPS) is 17.5. The lowest BCUT2D eigenvalue weighted by atomic mass is 9.80. The SMILES string of the molecule is CN(C)CCCCNC(=O)NCC1(C(=O)O)CCOCC1. The molecular weight excluding hydrogens is 274 g/mol. The van der Waals surface area contributed by atoms with Crippen LogP contribution in [-0.2, 0) is 9.53 Å². The van der Waals surface area contributed by atoms with E-state index in [1.807, 2.05) is 14.1 Å². The van der Waals surface area contributed by atoms with E-state index in [1.54, 1.807) is 0 Å². The van der Waals surface area contributed by atoms with Crippen molar-refractivity contribution in [1.82, 2.24) is 15.5 Å². The molecule has 0 saturated carbocycles. The minimum atomic E-state index is -0.888. The first-order valence-electron chi connectivity index (χ1n) is 7.44. The molecule has 21 heavy (non-hydrogen) atoms. The van der Waals surface area contributed by atoms with Gasteiger partial charge in [-0.05, 0) is 46.3 Å². The number of ether oxygens (including phenoxy) is 1. The third kappa shape index (κ3) is 6.31. The van der Waals surface area contributed by atoms with E-state index in [4.69, 9.17) is 4.74 Å². The molecule has 0 aromatic carbocycles. The lowest BCUT2D eigenvalue weighted by Crippen LogP contribution is -2.48. The van der Waals surface area contributed by atoms with E-state index in [0.717, 1.165) is 19.4 Å². The lowest BCUT2D eigenvalue weighted by molar-refractivity contribution is -0.154. The molecule has 1 heterocycles. The zero-order valence-corrected chi connectivity index (χ0v) is 13.0. The van der Waals surface area contributed by atoms with Crippen LogP contribution < -0.4 is 10.6 Å². The third-order valence-corrected chi connectivity index (χ3v) is 3.81. The van der Waals surface area contributed by atoms with Crippen LogP contribution >= 0.6 is 0 Å². The van der Waals surface area contributed by atoms with Crippen LogP contribution in [0.1, 0.15) is 25.7 Å². The highest BCUT2D eigenvalue weighted by atomic mass is 16.5. The molecule has 1 aliphatic heterocycles. The molecule has 122 valence electrons. The van der Waals surface area contributed by atoms with Gasteiger partial charge in [0.2, 0.25) is 0 Å². The molecule has 0 radical (unpaired) electrons. The van der Waals surface area contributed by atoms with Crippen molar-refractivity contribution < 1.29 is 19.4 Å². The minimum absolute atomic E-state index is 0.148. The summed E-state index contributed by atoms with van der Waals surface area (Å²) < 4.78 is 5.20. The zero-order chi connectivity index (χ0) is 15.7. The van der Waals surface area contributed by atoms with Gasteiger partial charge in [-0.2, -0.15) is 0 Å². The molecule has 1 aliphatic rings. The number of nitrogens with one attached hydrogen (secondary N) is 2. The Kier molecular flexibility index (Phi) is 7.45. The van der Waals surface area contributed by atoms with Crippen LogP contribution in [-0.4, -0.2) is 69.0 Å². The highest BCUT2D eigenvalue weighted by Crippen LogP contribution is 2.29. The number of carbonyl (C=O) groups is 2. The Morgan fingerprint density at radius 3 is 2.43 bits per heavy atom. The molecule has 0 unspecified atom stereocenters. The summed E-state index contributed by atoms with van der Waals surface area (Å²) in [6.07, 6.45) is 2.80. The van der Waals surface area contributed by atoms with Gasteiger partial charge in [0.05, 0.1) is 5.41 Å². The van der Waals surface area contributed by atoms with Crippen molar-refractivity contribution in [3.63, 3.8) is 0 Å². The molecule has 0 aromatic heterocycles. The molecule has 0 spiro atoms. The molecule has 1 fully saturated rings. The van der Waals surface area contributed by atoms with Crippen molar-refractivity contribution in [3.8, 4) is 0 Å². The Hall–Kier alpha value is -1.34. The van der Waals surface area contributed by atoms with Crippen molar-refractivity contribution in [2.24, 2.45) is 5.41 Å². The summed E-state index contributed by atoms with van der Waals surface area (Å²) in [5.74, 6) is -0.864. The molecule has 0 aromatic rings. The minimum Gasteiger partial charge on any atom is -0.481 e. The van der Waals surface area contributed by atoms with E-state index in [9.17, 15) is 14.7 Å². The van der Waals surface area contributed by atoms with Crippen molar-refractivity contribution >= 4 is 12.0 Å². The standard InChI is InChI=1S/C14H27N3O4/c1-17(2)8-4-3-7-15-13(20)16-11-14(12(18)19)5-9-21-10-6-14/h3-11H2,1-2H3,(H,18,19)(H2,15,16,20). The second-order valence-corrected chi connectivity index (χ2v) is 5.82. The fraction of sp³-hybridized carbons (Fsp3) is 0.857. The predicted molar refractivity (Wildman–Crippen MR) is 79.3 cm³/mol. The number of carboxylic acids is 1. The molecular formula is C14H27N3O4. The first-order valence-corrected chi connectivity index (χ1v) is 7.44. The summed E-state index contributed by atoms with van der Waals surface area (Å²) >= 11 is 0. The van der Waals surface area contributed by atoms with E-state index in [2.05, 4.69) is 15.5 Å². The maximum Gasteiger partial charge on any atom is 0.314 e. The first kappa shape index (κ1) is 17.7. The van der Waals surface area contributed by atoms with Gasteiger partial charge in [0.1, 0.15) is 0 Å². The number of nitrogens with zero attached hydrogens (tertiary/aromatic N) is 1. The van der Waals surface area contributed by atoms with Crippen molar-refractivity contribution in [2.45, 2.75) is 25.7 Å². The van der Waals surface area contributed by atoms with Gasteiger partial charge in [-0.25, -0.2) is 4.79 Å². The second kappa shape index (κ2) is 8.84. The number of unbranched alkanes of at least 4 members (excludes halogenated alkanes) is 1. The van der Waals surface area contributed by atoms with Crippen LogP contribution in [0.2, 0.25) is 0 Å². The van der Waals surface area contributed by atoms with Gasteiger partial charge < -0.3 is 25.4 Å². The van der Waals surface area contributed by atoms with Gasteiger partial charge in [0.25, 0.3) is 0 Å². The number of carbonyl (C=O) groups excluding carboxylic acids is 1. The fourth-order valence-corrected chi connectivity index (χ4v) is 2.30. The highest BCUT2D eigenvalue weighted by Gasteiger charge is 2.40. The number of hydrogen-bond donors (Lipinski definition) is 3. The van der Waals surface area contributed by atoms with Crippen molar-refractivity contribution in [3.05, 3.63) is 0 Å². The topological polar surface area (TPSA) is 90.9 Å². The van der Waals surface area contributed by atoms with E-state index in [0.29, 0.717) is 32.6 Å². The number of hydrogen-bond acceptors (Lipinski definition) is 4. The number of amides is 2. The van der Waals surface area contributed by atoms with Crippen molar-refractivity contribution in [2.75, 3.05) is 46.9 Å². The van der Waals surface area contributed by atoms with Gasteiger partial charge in [0.15, 0.2) is 0 Å². The Morgan fingerprint density at radius 1 is 1.19 bits per heavy atom. The molecule has 0 aliphatic carbocycles. The van der Waals surface area contributed by atoms with Crippen molar-refractivity contribution in [1.29, 1.82) is 0 Å². The average molecular weight is 301 g/mol. The van der Waals surface area contributed by atoms with Gasteiger partial charge >= 0.3 is 12.0 Å². The largest absolute Gasteiger partial charge is 0.481 e. The number of rotatable bonds is 8. The molecule has 3 N–H and O–H groups in total. The monoisotopic (exact) mass is 301 g/mol. The van der Waals surface area contributed by atoms with E-state index >= 15 is 0 Å². The van der Waals surface area contributed by atoms with Crippen LogP contribution in [0.15, 0.2) is 0 Å². The Balaban J connectivity index is 2.23. The average Bonchev–Trinajstić information content (AvgIpc) is 2.45. The zero-order valence-electron chi connectivity index (χ0n) is 13.0. The van der Waals surface area contributed by atoms with Crippen LogP contribution in [0.3, 0.4) is 0 Å². The quantitative estimate of drug-likeness (QED) is 0.568. The maximum absolute atomic E-state index is 11.7. The molecule has 0 bridgehead atoms. The molecule has 0 atom stereocenters. The summed E-state index contributed by atoms with van der Waals surface area (Å²) in [6.45, 7) is 2.60. The summed E-state index contributed by atoms with van der Waals surface area (Å²) in [5.41, 5.74) is -0.888. The number of carboxylic acid groups (broad SMARTS) is 1. The number of urea groups is 1. The van der Waals surface area contributed by atoms with Crippen LogP contribution in [0.4, 0.5) is 4.79 Å². The third-order valence-electron chi connectivity index (χ3n) is 3.81. The van der Waals surface area contributed by atoms with E-state index in [-0.39, 0.29) is 12.6 Å². The van der Waals surface area contributed by atoms with Gasteiger partial charge in [-0.15, -0.1) is 0 Å². The summed E-state index contributed by atoms with van der Waals surface area (Å²) in [7, 11) is 4.03. The van der Waals surface area contributed by atoms with Crippen LogP contribution in [0, 0.1) is 5.41 Å². The van der Waals surface area contributed by atoms with Gasteiger partial charge in [-0.3, -0.25) is 4.79 Å². The lowest BCUT2D eigenvalue weighted by Gasteiger charge is -2.33. The molecule has 7 heteroatoms. The summed E-state index contributed by atoms with van der Waals surface area (Å²) in [5, 5.41) is 14.8. The van der Waals surface area contributed by atoms with Crippen LogP contribution in [0.25, 0.3) is 0 Å². The Bertz CT molecular complexity index is 341. The first-order chi connectivity index (χ1) is 9.96. The van der Waals surface area contributed by atoms with Crippen LogP contribution in [0.5, 0.6) is 0 Å². The fourth-order valence-electron chi connectivity index (χ4n) is 2.30. The highest BCUT2D eigenvalue weighted by molar-refractivity contribution is 5.78. The molecule has 2 amide bonds. The summed E-state index contributed by atoms with van der Waals surface area (Å²) in [4.78, 5) is 25.2.